The highest BCUT2D eigenvalue weighted by atomic mass is 32.3. The molecule has 246 valence electrons. The fourth-order valence-corrected chi connectivity index (χ4v) is 5.06. The zero-order valence-electron chi connectivity index (χ0n) is 22.3. The van der Waals surface area contributed by atoms with Crippen molar-refractivity contribution in [2.75, 3.05) is 26.9 Å². The molecule has 3 saturated heterocycles. The molecular formula is C21H37NO19S. The van der Waals surface area contributed by atoms with Crippen molar-refractivity contribution in [1.29, 1.82) is 0 Å². The van der Waals surface area contributed by atoms with Crippen LogP contribution in [0.15, 0.2) is 0 Å². The first-order valence-electron chi connectivity index (χ1n) is 12.6. The van der Waals surface area contributed by atoms with Crippen LogP contribution in [0.3, 0.4) is 0 Å². The Hall–Kier alpha value is -1.22. The monoisotopic (exact) mass is 639 g/mol. The average Bonchev–Trinajstić information content (AvgIpc) is 2.93. The van der Waals surface area contributed by atoms with Crippen molar-refractivity contribution in [2.24, 2.45) is 0 Å². The minimum absolute atomic E-state index is 0.713. The molecule has 15 atom stereocenters. The normalized spacial score (nSPS) is 45.0. The van der Waals surface area contributed by atoms with Gasteiger partial charge in [-0.05, 0) is 0 Å². The molecule has 3 rings (SSSR count). The third kappa shape index (κ3) is 8.08. The minimum Gasteiger partial charge on any atom is -0.394 e. The van der Waals surface area contributed by atoms with Gasteiger partial charge in [-0.1, -0.05) is 0 Å². The van der Waals surface area contributed by atoms with Crippen LogP contribution in [-0.2, 0) is 47.8 Å². The number of ether oxygens (including phenoxy) is 6. The highest BCUT2D eigenvalue weighted by molar-refractivity contribution is 7.80. The molecule has 10 N–H and O–H groups in total. The van der Waals surface area contributed by atoms with E-state index in [1.165, 1.54) is 0 Å². The maximum Gasteiger partial charge on any atom is 0.397 e. The quantitative estimate of drug-likeness (QED) is 0.0939. The highest BCUT2D eigenvalue weighted by Crippen LogP contribution is 2.33. The van der Waals surface area contributed by atoms with E-state index in [1.807, 2.05) is 0 Å². The van der Waals surface area contributed by atoms with Crippen molar-refractivity contribution in [3.63, 3.8) is 0 Å². The van der Waals surface area contributed by atoms with Crippen LogP contribution in [0.4, 0.5) is 0 Å². The summed E-state index contributed by atoms with van der Waals surface area (Å²) in [6, 6.07) is -1.59. The number of carbonyl (C=O) groups excluding carboxylic acids is 1. The molecule has 0 aliphatic carbocycles. The molecule has 0 bridgehead atoms. The van der Waals surface area contributed by atoms with E-state index in [1.54, 1.807) is 0 Å². The van der Waals surface area contributed by atoms with Gasteiger partial charge in [-0.3, -0.25) is 9.35 Å². The van der Waals surface area contributed by atoms with Crippen molar-refractivity contribution in [3.8, 4) is 0 Å². The van der Waals surface area contributed by atoms with Crippen molar-refractivity contribution < 1.29 is 91.2 Å². The Morgan fingerprint density at radius 3 is 1.79 bits per heavy atom. The van der Waals surface area contributed by atoms with Crippen LogP contribution in [0.1, 0.15) is 6.92 Å². The van der Waals surface area contributed by atoms with Gasteiger partial charge in [0, 0.05) is 14.0 Å². The van der Waals surface area contributed by atoms with Gasteiger partial charge in [0.25, 0.3) is 0 Å². The fourth-order valence-electron chi connectivity index (χ4n) is 4.75. The first-order valence-corrected chi connectivity index (χ1v) is 14.0. The summed E-state index contributed by atoms with van der Waals surface area (Å²) in [5, 5.41) is 84.1. The van der Waals surface area contributed by atoms with Crippen LogP contribution in [0.5, 0.6) is 0 Å². The van der Waals surface area contributed by atoms with Gasteiger partial charge < -0.3 is 74.6 Å². The molecule has 0 spiro atoms. The number of hydrogen-bond donors (Lipinski definition) is 10. The summed E-state index contributed by atoms with van der Waals surface area (Å²) >= 11 is 0. The molecule has 0 radical (unpaired) electrons. The average molecular weight is 640 g/mol. The van der Waals surface area contributed by atoms with Gasteiger partial charge in [0.1, 0.15) is 73.2 Å². The predicted molar refractivity (Wildman–Crippen MR) is 128 cm³/mol. The van der Waals surface area contributed by atoms with Crippen molar-refractivity contribution in [2.45, 2.75) is 99.0 Å². The number of amides is 1. The van der Waals surface area contributed by atoms with Gasteiger partial charge >= 0.3 is 10.4 Å². The maximum absolute atomic E-state index is 12.2. The SMILES string of the molecule is CO[C@H]1O[C@H](CO)[C@@H](O)[C@H](O)[C@@H]1O[C@@H]1O[C@H](COS(=O)(=O)O)[C@@H](O)[C@H](O[C@@H]2O[C@H](CO)[C@H](O)[C@H](O)[C@H]2O)[C@H]1NC(C)=O. The lowest BCUT2D eigenvalue weighted by atomic mass is 9.94. The number of hydrogen-bond acceptors (Lipinski definition) is 18. The highest BCUT2D eigenvalue weighted by Gasteiger charge is 2.54. The molecule has 1 amide bonds. The topological polar surface area (TPSA) is 310 Å². The fraction of sp³-hybridized carbons (Fsp3) is 0.952. The Bertz CT molecular complexity index is 985. The summed E-state index contributed by atoms with van der Waals surface area (Å²) in [5.74, 6) is -0.761. The molecular weight excluding hydrogens is 602 g/mol. The molecule has 20 nitrogen and oxygen atoms in total. The summed E-state index contributed by atoms with van der Waals surface area (Å²) in [7, 11) is -3.93. The zero-order chi connectivity index (χ0) is 31.5. The lowest BCUT2D eigenvalue weighted by Crippen LogP contribution is -2.69. The zero-order valence-corrected chi connectivity index (χ0v) is 23.1. The molecule has 0 aromatic carbocycles. The van der Waals surface area contributed by atoms with Crippen LogP contribution < -0.4 is 5.32 Å². The van der Waals surface area contributed by atoms with Gasteiger partial charge in [0.2, 0.25) is 5.91 Å². The number of nitrogens with one attached hydrogen (secondary N) is 1. The summed E-state index contributed by atoms with van der Waals surface area (Å²) < 4.78 is 68.7. The molecule has 21 heteroatoms. The van der Waals surface area contributed by atoms with E-state index < -0.39 is 128 Å². The predicted octanol–water partition coefficient (Wildman–Crippen LogP) is -6.95. The van der Waals surface area contributed by atoms with Crippen molar-refractivity contribution in [3.05, 3.63) is 0 Å². The summed E-state index contributed by atoms with van der Waals surface area (Å²) in [4.78, 5) is 12.2. The van der Waals surface area contributed by atoms with E-state index in [0.717, 1.165) is 14.0 Å². The second-order valence-corrected chi connectivity index (χ2v) is 10.9. The van der Waals surface area contributed by atoms with E-state index in [0.29, 0.717) is 0 Å². The standard InChI is InChI=1S/C21H37NO19S/c1-6(25)22-10-17(40-20-16(31)14(29)11(26)7(3-23)37-20)13(28)9(5-36-42(32,33)34)39-19(10)41-18-15(30)12(27)8(4-24)38-21(18)35-2/h7-21,23-24,26-31H,3-5H2,1-2H3,(H,22,25)(H,32,33,34)/t7-,8-,9-,10-,11+,12-,13-,14+,15+,16-,17-,18+,19+,20+,21+/m1/s1. The molecule has 3 aliphatic heterocycles. The van der Waals surface area contributed by atoms with Crippen molar-refractivity contribution >= 4 is 16.3 Å². The first kappa shape index (κ1) is 35.3. The Balaban J connectivity index is 1.97. The molecule has 3 aliphatic rings. The molecule has 0 saturated carbocycles. The Morgan fingerprint density at radius 2 is 1.26 bits per heavy atom. The van der Waals surface area contributed by atoms with E-state index >= 15 is 0 Å². The maximum atomic E-state index is 12.2. The largest absolute Gasteiger partial charge is 0.397 e. The Kier molecular flexibility index (Phi) is 12.3. The van der Waals surface area contributed by atoms with Crippen molar-refractivity contribution in [1.82, 2.24) is 5.32 Å². The summed E-state index contributed by atoms with van der Waals surface area (Å²) in [6.45, 7) is -1.56. The number of aliphatic hydroxyl groups excluding tert-OH is 8. The summed E-state index contributed by atoms with van der Waals surface area (Å²) in [6.07, 6.45) is -24.1. The Morgan fingerprint density at radius 1 is 0.738 bits per heavy atom. The van der Waals surface area contributed by atoms with E-state index in [2.05, 4.69) is 9.50 Å². The van der Waals surface area contributed by atoms with Gasteiger partial charge in [-0.25, -0.2) is 4.18 Å². The van der Waals surface area contributed by atoms with Gasteiger partial charge in [0.15, 0.2) is 18.9 Å². The molecule has 0 unspecified atom stereocenters. The van der Waals surface area contributed by atoms with Crippen LogP contribution in [0.2, 0.25) is 0 Å². The molecule has 3 fully saturated rings. The van der Waals surface area contributed by atoms with Crippen LogP contribution in [0, 0.1) is 0 Å². The Labute approximate surface area is 239 Å². The van der Waals surface area contributed by atoms with Gasteiger partial charge in [0.05, 0.1) is 19.8 Å². The van der Waals surface area contributed by atoms with Gasteiger partial charge in [-0.2, -0.15) is 8.42 Å². The lowest BCUT2D eigenvalue weighted by molar-refractivity contribution is -0.369. The second-order valence-electron chi connectivity index (χ2n) is 9.81. The summed E-state index contributed by atoms with van der Waals surface area (Å²) in [5.41, 5.74) is 0. The van der Waals surface area contributed by atoms with E-state index in [4.69, 9.17) is 33.0 Å². The van der Waals surface area contributed by atoms with Gasteiger partial charge in [-0.15, -0.1) is 0 Å². The molecule has 0 aromatic heterocycles. The minimum atomic E-state index is -5.07. The molecule has 3 heterocycles. The first-order chi connectivity index (χ1) is 19.6. The van der Waals surface area contributed by atoms with Crippen LogP contribution in [-0.4, -0.2) is 179 Å². The number of rotatable bonds is 11. The number of methoxy groups -OCH3 is 1. The third-order valence-electron chi connectivity index (χ3n) is 6.91. The van der Waals surface area contributed by atoms with E-state index in [-0.39, 0.29) is 0 Å². The van der Waals surface area contributed by atoms with Crippen LogP contribution in [0.25, 0.3) is 0 Å². The molecule has 42 heavy (non-hydrogen) atoms. The van der Waals surface area contributed by atoms with E-state index in [9.17, 15) is 54.1 Å². The number of carbonyl (C=O) groups is 1. The second kappa shape index (κ2) is 14.7. The van der Waals surface area contributed by atoms with Crippen LogP contribution >= 0.6 is 0 Å². The number of aliphatic hydroxyl groups is 8. The molecule has 0 aromatic rings. The third-order valence-corrected chi connectivity index (χ3v) is 7.35. The lowest BCUT2D eigenvalue weighted by Gasteiger charge is -2.49. The smallest absolute Gasteiger partial charge is 0.394 e.